The van der Waals surface area contributed by atoms with Crippen molar-refractivity contribution in [2.24, 2.45) is 11.8 Å². The van der Waals surface area contributed by atoms with Gasteiger partial charge in [-0.1, -0.05) is 13.8 Å². The Morgan fingerprint density at radius 2 is 2.05 bits per heavy atom. The first-order chi connectivity index (χ1) is 10.1. The Morgan fingerprint density at radius 1 is 1.29 bits per heavy atom. The molecule has 0 aromatic carbocycles. The molecular formula is C16H28N4O. The monoisotopic (exact) mass is 292 g/mol. The predicted octanol–water partition coefficient (Wildman–Crippen LogP) is 1.76. The number of hydrogen-bond acceptors (Lipinski definition) is 3. The molecule has 1 aromatic rings. The minimum absolute atomic E-state index is 0.117. The number of hydrogen-bond donors (Lipinski definition) is 1. The van der Waals surface area contributed by atoms with Crippen molar-refractivity contribution in [2.75, 3.05) is 26.2 Å². The van der Waals surface area contributed by atoms with E-state index in [1.807, 2.05) is 12.3 Å². The SMILES string of the molecule is CC1CC(C)CN(CCCNC(=O)CCn2cccn2)C1. The number of amides is 1. The lowest BCUT2D eigenvalue weighted by molar-refractivity contribution is -0.121. The Bertz CT molecular complexity index is 408. The lowest BCUT2D eigenvalue weighted by atomic mass is 9.92. The molecule has 1 N–H and O–H groups in total. The fourth-order valence-electron chi connectivity index (χ4n) is 3.24. The second kappa shape index (κ2) is 8.17. The summed E-state index contributed by atoms with van der Waals surface area (Å²) in [4.78, 5) is 14.3. The molecule has 1 aromatic heterocycles. The van der Waals surface area contributed by atoms with E-state index in [1.165, 1.54) is 19.5 Å². The molecule has 1 fully saturated rings. The third-order valence-corrected chi connectivity index (χ3v) is 4.04. The molecule has 0 spiro atoms. The highest BCUT2D eigenvalue weighted by molar-refractivity contribution is 5.75. The molecule has 0 bridgehead atoms. The van der Waals surface area contributed by atoms with Crippen LogP contribution in [-0.4, -0.2) is 46.8 Å². The molecule has 0 aliphatic carbocycles. The van der Waals surface area contributed by atoms with E-state index in [0.717, 1.165) is 31.3 Å². The van der Waals surface area contributed by atoms with Gasteiger partial charge in [-0.05, 0) is 37.3 Å². The molecule has 1 amide bonds. The van der Waals surface area contributed by atoms with E-state index in [9.17, 15) is 4.79 Å². The molecule has 5 heteroatoms. The molecular weight excluding hydrogens is 264 g/mol. The maximum Gasteiger partial charge on any atom is 0.221 e. The number of aromatic nitrogens is 2. The molecule has 1 aliphatic rings. The molecule has 2 heterocycles. The van der Waals surface area contributed by atoms with Crippen LogP contribution in [0.5, 0.6) is 0 Å². The molecule has 2 unspecified atom stereocenters. The number of carbonyl (C=O) groups excluding carboxylic acids is 1. The minimum atomic E-state index is 0.117. The number of aryl methyl sites for hydroxylation is 1. The van der Waals surface area contributed by atoms with Crippen LogP contribution in [0.3, 0.4) is 0 Å². The van der Waals surface area contributed by atoms with Crippen LogP contribution in [0, 0.1) is 11.8 Å². The summed E-state index contributed by atoms with van der Waals surface area (Å²) >= 11 is 0. The third-order valence-electron chi connectivity index (χ3n) is 4.04. The van der Waals surface area contributed by atoms with E-state index < -0.39 is 0 Å². The van der Waals surface area contributed by atoms with Gasteiger partial charge in [-0.25, -0.2) is 0 Å². The normalized spacial score (nSPS) is 23.1. The summed E-state index contributed by atoms with van der Waals surface area (Å²) in [6.07, 6.45) is 6.50. The van der Waals surface area contributed by atoms with Crippen LogP contribution in [0.2, 0.25) is 0 Å². The summed E-state index contributed by atoms with van der Waals surface area (Å²) in [7, 11) is 0. The van der Waals surface area contributed by atoms with Gasteiger partial charge in [0.05, 0.1) is 0 Å². The summed E-state index contributed by atoms with van der Waals surface area (Å²) in [5.74, 6) is 1.72. The van der Waals surface area contributed by atoms with Gasteiger partial charge in [-0.15, -0.1) is 0 Å². The van der Waals surface area contributed by atoms with Crippen molar-refractivity contribution in [3.8, 4) is 0 Å². The predicted molar refractivity (Wildman–Crippen MR) is 83.9 cm³/mol. The van der Waals surface area contributed by atoms with Crippen LogP contribution < -0.4 is 5.32 Å². The second-order valence-corrected chi connectivity index (χ2v) is 6.43. The number of piperidine rings is 1. The first-order valence-electron chi connectivity index (χ1n) is 8.10. The smallest absolute Gasteiger partial charge is 0.221 e. The Hall–Kier alpha value is -1.36. The van der Waals surface area contributed by atoms with E-state index in [2.05, 4.69) is 29.2 Å². The quantitative estimate of drug-likeness (QED) is 0.779. The van der Waals surface area contributed by atoms with Crippen molar-refractivity contribution >= 4 is 5.91 Å². The molecule has 118 valence electrons. The number of nitrogens with one attached hydrogen (secondary N) is 1. The Kier molecular flexibility index (Phi) is 6.23. The van der Waals surface area contributed by atoms with Crippen LogP contribution in [0.4, 0.5) is 0 Å². The molecule has 1 saturated heterocycles. The molecule has 0 saturated carbocycles. The zero-order valence-corrected chi connectivity index (χ0v) is 13.3. The Balaban J connectivity index is 1.53. The third kappa shape index (κ3) is 5.87. The van der Waals surface area contributed by atoms with E-state index in [4.69, 9.17) is 0 Å². The molecule has 0 radical (unpaired) electrons. The highest BCUT2D eigenvalue weighted by Gasteiger charge is 2.20. The van der Waals surface area contributed by atoms with Crippen molar-refractivity contribution in [3.05, 3.63) is 18.5 Å². The lowest BCUT2D eigenvalue weighted by Crippen LogP contribution is -2.40. The van der Waals surface area contributed by atoms with Crippen molar-refractivity contribution in [1.29, 1.82) is 0 Å². The van der Waals surface area contributed by atoms with Gasteiger partial charge in [-0.3, -0.25) is 9.48 Å². The van der Waals surface area contributed by atoms with Gasteiger partial charge in [0.25, 0.3) is 0 Å². The highest BCUT2D eigenvalue weighted by Crippen LogP contribution is 2.20. The van der Waals surface area contributed by atoms with Crippen LogP contribution in [0.15, 0.2) is 18.5 Å². The molecule has 2 rings (SSSR count). The summed E-state index contributed by atoms with van der Waals surface area (Å²) in [6.45, 7) is 9.60. The molecule has 2 atom stereocenters. The van der Waals surface area contributed by atoms with Gasteiger partial charge in [0.15, 0.2) is 0 Å². The zero-order chi connectivity index (χ0) is 15.1. The fourth-order valence-corrected chi connectivity index (χ4v) is 3.24. The van der Waals surface area contributed by atoms with Gasteiger partial charge in [0.1, 0.15) is 0 Å². The fraction of sp³-hybridized carbons (Fsp3) is 0.750. The summed E-state index contributed by atoms with van der Waals surface area (Å²) < 4.78 is 1.79. The van der Waals surface area contributed by atoms with E-state index >= 15 is 0 Å². The van der Waals surface area contributed by atoms with Crippen LogP contribution in [0.25, 0.3) is 0 Å². The summed E-state index contributed by atoms with van der Waals surface area (Å²) in [5.41, 5.74) is 0. The van der Waals surface area contributed by atoms with E-state index in [0.29, 0.717) is 13.0 Å². The second-order valence-electron chi connectivity index (χ2n) is 6.43. The van der Waals surface area contributed by atoms with Crippen molar-refractivity contribution in [3.63, 3.8) is 0 Å². The zero-order valence-electron chi connectivity index (χ0n) is 13.3. The summed E-state index contributed by atoms with van der Waals surface area (Å²) in [5, 5.41) is 7.09. The van der Waals surface area contributed by atoms with E-state index in [-0.39, 0.29) is 5.91 Å². The van der Waals surface area contributed by atoms with E-state index in [1.54, 1.807) is 10.9 Å². The van der Waals surface area contributed by atoms with Crippen molar-refractivity contribution in [1.82, 2.24) is 20.0 Å². The Morgan fingerprint density at radius 3 is 2.71 bits per heavy atom. The van der Waals surface area contributed by atoms with Crippen LogP contribution >= 0.6 is 0 Å². The van der Waals surface area contributed by atoms with Gasteiger partial charge in [-0.2, -0.15) is 5.10 Å². The van der Waals surface area contributed by atoms with Gasteiger partial charge < -0.3 is 10.2 Å². The average molecular weight is 292 g/mol. The Labute approximate surface area is 127 Å². The number of rotatable bonds is 7. The maximum atomic E-state index is 11.7. The summed E-state index contributed by atoms with van der Waals surface area (Å²) in [6, 6.07) is 1.87. The van der Waals surface area contributed by atoms with Crippen LogP contribution in [0.1, 0.15) is 33.1 Å². The lowest BCUT2D eigenvalue weighted by Gasteiger charge is -2.34. The van der Waals surface area contributed by atoms with Crippen LogP contribution in [-0.2, 0) is 11.3 Å². The topological polar surface area (TPSA) is 50.2 Å². The van der Waals surface area contributed by atoms with Gasteiger partial charge in [0, 0.05) is 45.0 Å². The average Bonchev–Trinajstić information content (AvgIpc) is 2.93. The number of carbonyl (C=O) groups is 1. The van der Waals surface area contributed by atoms with Gasteiger partial charge in [0.2, 0.25) is 5.91 Å². The van der Waals surface area contributed by atoms with Gasteiger partial charge >= 0.3 is 0 Å². The minimum Gasteiger partial charge on any atom is -0.356 e. The molecule has 1 aliphatic heterocycles. The van der Waals surface area contributed by atoms with Crippen molar-refractivity contribution in [2.45, 2.75) is 39.7 Å². The number of nitrogens with zero attached hydrogens (tertiary/aromatic N) is 3. The maximum absolute atomic E-state index is 11.7. The highest BCUT2D eigenvalue weighted by atomic mass is 16.1. The standard InChI is InChI=1S/C16H28N4O/c1-14-11-15(2)13-19(12-14)8-3-6-17-16(21)5-10-20-9-4-7-18-20/h4,7,9,14-15H,3,5-6,8,10-13H2,1-2H3,(H,17,21). The number of likely N-dealkylation sites (tertiary alicyclic amines) is 1. The first kappa shape index (κ1) is 16.0. The van der Waals surface area contributed by atoms with Crippen molar-refractivity contribution < 1.29 is 4.79 Å². The largest absolute Gasteiger partial charge is 0.356 e. The molecule has 21 heavy (non-hydrogen) atoms. The first-order valence-corrected chi connectivity index (χ1v) is 8.10. The molecule has 5 nitrogen and oxygen atoms in total.